The van der Waals surface area contributed by atoms with E-state index < -0.39 is 5.97 Å². The van der Waals surface area contributed by atoms with Crippen LogP contribution in [0.5, 0.6) is 0 Å². The number of likely N-dealkylation sites (tertiary alicyclic amines) is 1. The molecule has 2 aromatic carbocycles. The van der Waals surface area contributed by atoms with Crippen LogP contribution in [0.15, 0.2) is 48.7 Å². The second-order valence-corrected chi connectivity index (χ2v) is 6.90. The van der Waals surface area contributed by atoms with Gasteiger partial charge in [-0.1, -0.05) is 42.0 Å². The summed E-state index contributed by atoms with van der Waals surface area (Å²) in [6.45, 7) is 4.12. The van der Waals surface area contributed by atoms with Crippen LogP contribution in [0.2, 0.25) is 0 Å². The molecule has 2 N–H and O–H groups in total. The van der Waals surface area contributed by atoms with E-state index in [0.717, 1.165) is 29.6 Å². The summed E-state index contributed by atoms with van der Waals surface area (Å²) in [7, 11) is 0. The molecule has 2 atom stereocenters. The van der Waals surface area contributed by atoms with Crippen molar-refractivity contribution in [1.82, 2.24) is 15.1 Å². The van der Waals surface area contributed by atoms with Gasteiger partial charge in [0.2, 0.25) is 0 Å². The number of aromatic amines is 1. The number of nitrogens with one attached hydrogen (secondary N) is 1. The Morgan fingerprint density at radius 3 is 2.80 bits per heavy atom. The lowest BCUT2D eigenvalue weighted by atomic mass is 9.89. The van der Waals surface area contributed by atoms with Gasteiger partial charge in [0.1, 0.15) is 0 Å². The van der Waals surface area contributed by atoms with Crippen LogP contribution in [0, 0.1) is 12.8 Å². The predicted molar refractivity (Wildman–Crippen MR) is 96.4 cm³/mol. The number of benzene rings is 2. The first-order valence-corrected chi connectivity index (χ1v) is 8.54. The Kier molecular flexibility index (Phi) is 4.01. The Morgan fingerprint density at radius 1 is 1.24 bits per heavy atom. The molecule has 5 nitrogen and oxygen atoms in total. The van der Waals surface area contributed by atoms with E-state index in [1.165, 1.54) is 11.1 Å². The number of carboxylic acid groups (broad SMARTS) is 1. The number of H-pyrrole nitrogens is 1. The lowest BCUT2D eigenvalue weighted by molar-refractivity contribution is -0.141. The maximum absolute atomic E-state index is 11.8. The van der Waals surface area contributed by atoms with Gasteiger partial charge in [-0.2, -0.15) is 5.10 Å². The van der Waals surface area contributed by atoms with Gasteiger partial charge in [0.15, 0.2) is 0 Å². The number of rotatable bonds is 4. The molecule has 0 bridgehead atoms. The molecule has 4 rings (SSSR count). The predicted octanol–water partition coefficient (Wildman–Crippen LogP) is 3.17. The molecule has 1 fully saturated rings. The fourth-order valence-corrected chi connectivity index (χ4v) is 3.82. The second kappa shape index (κ2) is 6.33. The van der Waals surface area contributed by atoms with Crippen molar-refractivity contribution in [3.8, 4) is 0 Å². The highest BCUT2D eigenvalue weighted by Crippen LogP contribution is 2.34. The Bertz CT molecular complexity index is 901. The third kappa shape index (κ3) is 3.03. The lowest BCUT2D eigenvalue weighted by Gasteiger charge is -2.17. The molecular weight excluding hydrogens is 314 g/mol. The smallest absolute Gasteiger partial charge is 0.308 e. The van der Waals surface area contributed by atoms with Crippen molar-refractivity contribution < 1.29 is 9.90 Å². The molecule has 1 aliphatic heterocycles. The van der Waals surface area contributed by atoms with Crippen molar-refractivity contribution in [3.63, 3.8) is 0 Å². The molecule has 5 heteroatoms. The van der Waals surface area contributed by atoms with Crippen molar-refractivity contribution >= 4 is 16.9 Å². The molecule has 0 aliphatic carbocycles. The van der Waals surface area contributed by atoms with Crippen LogP contribution < -0.4 is 0 Å². The first-order chi connectivity index (χ1) is 12.1. The summed E-state index contributed by atoms with van der Waals surface area (Å²) in [5.74, 6) is -1.05. The van der Waals surface area contributed by atoms with Crippen molar-refractivity contribution in [3.05, 3.63) is 65.4 Å². The molecule has 0 amide bonds. The summed E-state index contributed by atoms with van der Waals surface area (Å²) < 4.78 is 0. The second-order valence-electron chi connectivity index (χ2n) is 6.90. The molecule has 1 aliphatic rings. The number of aryl methyl sites for hydroxylation is 1. The Morgan fingerprint density at radius 2 is 2.04 bits per heavy atom. The molecule has 1 saturated heterocycles. The van der Waals surface area contributed by atoms with Crippen LogP contribution in [0.25, 0.3) is 10.9 Å². The monoisotopic (exact) mass is 335 g/mol. The minimum Gasteiger partial charge on any atom is -0.481 e. The van der Waals surface area contributed by atoms with Gasteiger partial charge >= 0.3 is 5.97 Å². The first kappa shape index (κ1) is 15.8. The zero-order valence-electron chi connectivity index (χ0n) is 14.1. The fraction of sp³-hybridized carbons (Fsp3) is 0.300. The zero-order chi connectivity index (χ0) is 17.4. The number of hydrogen-bond acceptors (Lipinski definition) is 3. The average molecular weight is 335 g/mol. The van der Waals surface area contributed by atoms with Crippen molar-refractivity contribution in [2.24, 2.45) is 5.92 Å². The molecule has 3 aromatic rings. The Hall–Kier alpha value is -2.66. The van der Waals surface area contributed by atoms with E-state index in [-0.39, 0.29) is 11.8 Å². The van der Waals surface area contributed by atoms with E-state index >= 15 is 0 Å². The topological polar surface area (TPSA) is 69.2 Å². The zero-order valence-corrected chi connectivity index (χ0v) is 14.1. The summed E-state index contributed by atoms with van der Waals surface area (Å²) in [6, 6.07) is 14.4. The highest BCUT2D eigenvalue weighted by molar-refractivity contribution is 5.81. The molecule has 0 unspecified atom stereocenters. The molecule has 25 heavy (non-hydrogen) atoms. The third-order valence-corrected chi connectivity index (χ3v) is 5.19. The summed E-state index contributed by atoms with van der Waals surface area (Å²) >= 11 is 0. The number of carboxylic acids is 1. The number of fused-ring (bicyclic) bond motifs is 1. The summed E-state index contributed by atoms with van der Waals surface area (Å²) in [6.07, 6.45) is 1.84. The van der Waals surface area contributed by atoms with Crippen LogP contribution in [0.4, 0.5) is 0 Å². The number of nitrogens with zero attached hydrogens (tertiary/aromatic N) is 2. The van der Waals surface area contributed by atoms with Gasteiger partial charge in [0, 0.05) is 30.9 Å². The fourth-order valence-electron chi connectivity index (χ4n) is 3.82. The lowest BCUT2D eigenvalue weighted by Crippen LogP contribution is -2.23. The normalized spacial score (nSPS) is 21.0. The van der Waals surface area contributed by atoms with Crippen molar-refractivity contribution in [2.45, 2.75) is 19.4 Å². The van der Waals surface area contributed by atoms with Gasteiger partial charge in [-0.05, 0) is 24.1 Å². The van der Waals surface area contributed by atoms with Crippen LogP contribution in [-0.4, -0.2) is 39.3 Å². The minimum atomic E-state index is -0.713. The Labute approximate surface area is 146 Å². The molecule has 1 aromatic heterocycles. The molecule has 2 heterocycles. The summed E-state index contributed by atoms with van der Waals surface area (Å²) in [4.78, 5) is 14.0. The van der Waals surface area contributed by atoms with Crippen LogP contribution in [-0.2, 0) is 11.3 Å². The summed E-state index contributed by atoms with van der Waals surface area (Å²) in [5.41, 5.74) is 4.50. The van der Waals surface area contributed by atoms with Gasteiger partial charge in [0.25, 0.3) is 0 Å². The van der Waals surface area contributed by atoms with Crippen molar-refractivity contribution in [2.75, 3.05) is 13.1 Å². The van der Waals surface area contributed by atoms with Gasteiger partial charge in [-0.3, -0.25) is 14.8 Å². The van der Waals surface area contributed by atoms with Crippen molar-refractivity contribution in [1.29, 1.82) is 0 Å². The molecule has 0 spiro atoms. The number of hydrogen-bond donors (Lipinski definition) is 2. The van der Waals surface area contributed by atoms with E-state index in [1.54, 1.807) is 0 Å². The summed E-state index contributed by atoms with van der Waals surface area (Å²) in [5, 5.41) is 17.9. The van der Waals surface area contributed by atoms with E-state index in [9.17, 15) is 9.90 Å². The van der Waals surface area contributed by atoms with E-state index in [1.807, 2.05) is 25.3 Å². The maximum atomic E-state index is 11.8. The van der Waals surface area contributed by atoms with Gasteiger partial charge in [0.05, 0.1) is 17.6 Å². The van der Waals surface area contributed by atoms with Gasteiger partial charge in [-0.15, -0.1) is 0 Å². The van der Waals surface area contributed by atoms with E-state index in [2.05, 4.69) is 45.4 Å². The van der Waals surface area contributed by atoms with E-state index in [0.29, 0.717) is 6.54 Å². The Balaban J connectivity index is 1.59. The quantitative estimate of drug-likeness (QED) is 0.768. The minimum absolute atomic E-state index is 0.0293. The van der Waals surface area contributed by atoms with Gasteiger partial charge in [-0.25, -0.2) is 0 Å². The molecule has 0 radical (unpaired) electrons. The average Bonchev–Trinajstić information content (AvgIpc) is 3.23. The highest BCUT2D eigenvalue weighted by atomic mass is 16.4. The SMILES string of the molecule is Cc1ccc([C@@H]2CN(Cc3cccc4[nH]ncc34)C[C@H]2C(=O)O)cc1. The first-order valence-electron chi connectivity index (χ1n) is 8.54. The maximum Gasteiger partial charge on any atom is 0.308 e. The number of aromatic nitrogens is 2. The van der Waals surface area contributed by atoms with Crippen LogP contribution in [0.1, 0.15) is 22.6 Å². The molecular formula is C20H21N3O2. The standard InChI is InChI=1S/C20H21N3O2/c1-13-5-7-14(8-6-13)17-11-23(12-18(17)20(24)25)10-15-3-2-4-19-16(15)9-21-22-19/h2-9,17-18H,10-12H2,1H3,(H,21,22)(H,24,25)/t17-,18+/m0/s1. The highest BCUT2D eigenvalue weighted by Gasteiger charge is 2.38. The molecule has 128 valence electrons. The van der Waals surface area contributed by atoms with E-state index in [4.69, 9.17) is 0 Å². The van der Waals surface area contributed by atoms with Crippen LogP contribution in [0.3, 0.4) is 0 Å². The van der Waals surface area contributed by atoms with Gasteiger partial charge < -0.3 is 5.11 Å². The molecule has 0 saturated carbocycles. The number of carbonyl (C=O) groups is 1. The third-order valence-electron chi connectivity index (χ3n) is 5.19. The number of aliphatic carboxylic acids is 1. The largest absolute Gasteiger partial charge is 0.481 e. The van der Waals surface area contributed by atoms with Crippen LogP contribution >= 0.6 is 0 Å².